The zero-order valence-electron chi connectivity index (χ0n) is 9.44. The number of rotatable bonds is 5. The minimum Gasteiger partial charge on any atom is -0.494 e. The molecule has 0 fully saturated rings. The summed E-state index contributed by atoms with van der Waals surface area (Å²) < 4.78 is 18.2. The number of ether oxygens (including phenoxy) is 1. The number of halogens is 1. The second-order valence-electron chi connectivity index (χ2n) is 3.55. The van der Waals surface area contributed by atoms with Gasteiger partial charge in [0.15, 0.2) is 11.6 Å². The van der Waals surface area contributed by atoms with Crippen molar-refractivity contribution in [3.8, 4) is 5.75 Å². The molecule has 3 nitrogen and oxygen atoms in total. The number of thiazole rings is 1. The lowest BCUT2D eigenvalue weighted by atomic mass is 10.2. The molecule has 0 saturated carbocycles. The van der Waals surface area contributed by atoms with Crippen LogP contribution in [0.3, 0.4) is 0 Å². The molecule has 17 heavy (non-hydrogen) atoms. The molecule has 0 amide bonds. The van der Waals surface area contributed by atoms with E-state index in [-0.39, 0.29) is 11.6 Å². The summed E-state index contributed by atoms with van der Waals surface area (Å²) in [6.45, 7) is 1.30. The second-order valence-corrected chi connectivity index (χ2v) is 4.27. The summed E-state index contributed by atoms with van der Waals surface area (Å²) in [6.07, 6.45) is 0. The Morgan fingerprint density at radius 3 is 2.94 bits per heavy atom. The molecular weight excluding hydrogens is 239 g/mol. The van der Waals surface area contributed by atoms with Crippen molar-refractivity contribution >= 4 is 11.3 Å². The predicted octanol–water partition coefficient (Wildman–Crippen LogP) is 2.58. The largest absolute Gasteiger partial charge is 0.494 e. The predicted molar refractivity (Wildman–Crippen MR) is 65.6 cm³/mol. The zero-order chi connectivity index (χ0) is 12.1. The molecule has 0 aliphatic rings. The van der Waals surface area contributed by atoms with E-state index in [2.05, 4.69) is 10.3 Å². The monoisotopic (exact) mass is 252 g/mol. The fraction of sp³-hybridized carbons (Fsp3) is 0.250. The van der Waals surface area contributed by atoms with Gasteiger partial charge < -0.3 is 10.1 Å². The molecule has 1 N–H and O–H groups in total. The average molecular weight is 252 g/mol. The van der Waals surface area contributed by atoms with E-state index in [1.807, 2.05) is 11.4 Å². The third-order valence-corrected chi connectivity index (χ3v) is 2.97. The van der Waals surface area contributed by atoms with Gasteiger partial charge in [0.25, 0.3) is 0 Å². The van der Waals surface area contributed by atoms with Crippen LogP contribution in [-0.2, 0) is 13.1 Å². The molecule has 2 rings (SSSR count). The first-order chi connectivity index (χ1) is 8.29. The molecule has 0 aliphatic heterocycles. The first kappa shape index (κ1) is 12.0. The lowest BCUT2D eigenvalue weighted by molar-refractivity contribution is 0.386. The Balaban J connectivity index is 1.89. The highest BCUT2D eigenvalue weighted by atomic mass is 32.1. The van der Waals surface area contributed by atoms with Gasteiger partial charge in [-0.3, -0.25) is 0 Å². The van der Waals surface area contributed by atoms with Crippen LogP contribution in [0.15, 0.2) is 29.1 Å². The minimum absolute atomic E-state index is 0.272. The van der Waals surface area contributed by atoms with Gasteiger partial charge in [0, 0.05) is 18.5 Å². The smallest absolute Gasteiger partial charge is 0.165 e. The van der Waals surface area contributed by atoms with Crippen LogP contribution in [0.2, 0.25) is 0 Å². The van der Waals surface area contributed by atoms with Gasteiger partial charge in [-0.25, -0.2) is 9.37 Å². The molecule has 1 heterocycles. The van der Waals surface area contributed by atoms with Crippen LogP contribution in [0, 0.1) is 5.82 Å². The molecule has 1 aromatic carbocycles. The molecule has 5 heteroatoms. The highest BCUT2D eigenvalue weighted by molar-refractivity contribution is 7.07. The Kier molecular flexibility index (Phi) is 4.06. The zero-order valence-corrected chi connectivity index (χ0v) is 10.3. The highest BCUT2D eigenvalue weighted by Gasteiger charge is 2.03. The Hall–Kier alpha value is -1.46. The molecule has 0 atom stereocenters. The number of benzene rings is 1. The van der Waals surface area contributed by atoms with Crippen molar-refractivity contribution in [1.82, 2.24) is 10.3 Å². The quantitative estimate of drug-likeness (QED) is 0.888. The van der Waals surface area contributed by atoms with E-state index >= 15 is 0 Å². The Morgan fingerprint density at radius 1 is 1.41 bits per heavy atom. The minimum atomic E-state index is -0.333. The van der Waals surface area contributed by atoms with Crippen molar-refractivity contribution in [1.29, 1.82) is 0 Å². The summed E-state index contributed by atoms with van der Waals surface area (Å²) in [6, 6.07) is 4.96. The van der Waals surface area contributed by atoms with Crippen molar-refractivity contribution in [3.63, 3.8) is 0 Å². The van der Waals surface area contributed by atoms with Crippen LogP contribution in [0.5, 0.6) is 5.75 Å². The molecule has 0 saturated heterocycles. The van der Waals surface area contributed by atoms with Gasteiger partial charge in [-0.05, 0) is 17.7 Å². The summed E-state index contributed by atoms with van der Waals surface area (Å²) in [4.78, 5) is 4.15. The van der Waals surface area contributed by atoms with Gasteiger partial charge in [-0.2, -0.15) is 0 Å². The molecule has 0 radical (unpaired) electrons. The maximum absolute atomic E-state index is 13.4. The van der Waals surface area contributed by atoms with Gasteiger partial charge in [0.05, 0.1) is 18.3 Å². The van der Waals surface area contributed by atoms with E-state index in [0.717, 1.165) is 11.3 Å². The number of methoxy groups -OCH3 is 1. The molecule has 0 spiro atoms. The van der Waals surface area contributed by atoms with E-state index in [1.165, 1.54) is 13.2 Å². The third kappa shape index (κ3) is 3.25. The van der Waals surface area contributed by atoms with E-state index < -0.39 is 0 Å². The van der Waals surface area contributed by atoms with Gasteiger partial charge in [0.2, 0.25) is 0 Å². The van der Waals surface area contributed by atoms with Crippen LogP contribution in [-0.4, -0.2) is 12.1 Å². The Labute approximate surface area is 103 Å². The SMILES string of the molecule is COc1ccc(CNCc2cscn2)cc1F. The fourth-order valence-corrected chi connectivity index (χ4v) is 2.04. The van der Waals surface area contributed by atoms with Crippen LogP contribution >= 0.6 is 11.3 Å². The second kappa shape index (κ2) is 5.75. The van der Waals surface area contributed by atoms with Gasteiger partial charge in [0.1, 0.15) is 0 Å². The summed E-state index contributed by atoms with van der Waals surface area (Å²) in [5, 5.41) is 5.19. The lowest BCUT2D eigenvalue weighted by Gasteiger charge is -2.06. The number of aromatic nitrogens is 1. The van der Waals surface area contributed by atoms with Gasteiger partial charge >= 0.3 is 0 Å². The van der Waals surface area contributed by atoms with Crippen molar-refractivity contribution in [2.24, 2.45) is 0 Å². The number of nitrogens with zero attached hydrogens (tertiary/aromatic N) is 1. The summed E-state index contributed by atoms with van der Waals surface area (Å²) in [7, 11) is 1.46. The Bertz CT molecular complexity index is 473. The third-order valence-electron chi connectivity index (χ3n) is 2.33. The van der Waals surface area contributed by atoms with Gasteiger partial charge in [-0.1, -0.05) is 6.07 Å². The van der Waals surface area contributed by atoms with E-state index in [4.69, 9.17) is 4.74 Å². The summed E-state index contributed by atoms with van der Waals surface area (Å²) in [5.74, 6) is -0.0614. The molecule has 0 unspecified atom stereocenters. The maximum Gasteiger partial charge on any atom is 0.165 e. The first-order valence-corrected chi connectivity index (χ1v) is 6.14. The normalized spacial score (nSPS) is 10.5. The molecule has 2 aromatic rings. The van der Waals surface area contributed by atoms with Crippen LogP contribution in [0.25, 0.3) is 0 Å². The molecule has 0 bridgehead atoms. The standard InChI is InChI=1S/C12H13FN2OS/c1-16-12-3-2-9(4-11(12)13)5-14-6-10-7-17-8-15-10/h2-4,7-8,14H,5-6H2,1H3. The van der Waals surface area contributed by atoms with Crippen LogP contribution in [0.4, 0.5) is 4.39 Å². The average Bonchev–Trinajstić information content (AvgIpc) is 2.82. The summed E-state index contributed by atoms with van der Waals surface area (Å²) >= 11 is 1.57. The molecule has 90 valence electrons. The van der Waals surface area contributed by atoms with E-state index in [0.29, 0.717) is 13.1 Å². The van der Waals surface area contributed by atoms with Gasteiger partial charge in [-0.15, -0.1) is 11.3 Å². The molecule has 0 aliphatic carbocycles. The van der Waals surface area contributed by atoms with Crippen molar-refractivity contribution in [2.45, 2.75) is 13.1 Å². The Morgan fingerprint density at radius 2 is 2.29 bits per heavy atom. The van der Waals surface area contributed by atoms with Crippen molar-refractivity contribution in [2.75, 3.05) is 7.11 Å². The number of nitrogens with one attached hydrogen (secondary N) is 1. The summed E-state index contributed by atoms with van der Waals surface area (Å²) in [5.41, 5.74) is 3.69. The van der Waals surface area contributed by atoms with E-state index in [9.17, 15) is 4.39 Å². The fourth-order valence-electron chi connectivity index (χ4n) is 1.48. The topological polar surface area (TPSA) is 34.1 Å². The maximum atomic E-state index is 13.4. The van der Waals surface area contributed by atoms with Crippen LogP contribution in [0.1, 0.15) is 11.3 Å². The lowest BCUT2D eigenvalue weighted by Crippen LogP contribution is -2.13. The van der Waals surface area contributed by atoms with Crippen LogP contribution < -0.4 is 10.1 Å². The molecular formula is C12H13FN2OS. The molecule has 1 aromatic heterocycles. The highest BCUT2D eigenvalue weighted by Crippen LogP contribution is 2.17. The first-order valence-electron chi connectivity index (χ1n) is 5.20. The number of hydrogen-bond donors (Lipinski definition) is 1. The van der Waals surface area contributed by atoms with E-state index in [1.54, 1.807) is 22.9 Å². The van der Waals surface area contributed by atoms with Crippen molar-refractivity contribution < 1.29 is 9.13 Å². The van der Waals surface area contributed by atoms with Crippen molar-refractivity contribution in [3.05, 3.63) is 46.2 Å². The number of hydrogen-bond acceptors (Lipinski definition) is 4.